The molecule has 1 atom stereocenters. The summed E-state index contributed by atoms with van der Waals surface area (Å²) in [5, 5.41) is 16.8. The van der Waals surface area contributed by atoms with Crippen molar-refractivity contribution in [2.24, 2.45) is 11.7 Å². The third-order valence-electron chi connectivity index (χ3n) is 2.92. The van der Waals surface area contributed by atoms with Crippen molar-refractivity contribution >= 4 is 22.9 Å². The van der Waals surface area contributed by atoms with Crippen LogP contribution >= 0.6 is 0 Å². The molecule has 7 nitrogen and oxygen atoms in total. The molecule has 1 unspecified atom stereocenters. The van der Waals surface area contributed by atoms with Crippen molar-refractivity contribution in [3.05, 3.63) is 23.8 Å². The second kappa shape index (κ2) is 4.68. The number of amides is 1. The van der Waals surface area contributed by atoms with Crippen LogP contribution < -0.4 is 5.73 Å². The number of aromatic nitrogens is 3. The van der Waals surface area contributed by atoms with Gasteiger partial charge in [0.2, 0.25) is 5.91 Å². The molecule has 0 radical (unpaired) electrons. The van der Waals surface area contributed by atoms with Gasteiger partial charge in [0, 0.05) is 0 Å². The first kappa shape index (κ1) is 13.0. The maximum atomic E-state index is 11.5. The van der Waals surface area contributed by atoms with Crippen LogP contribution in [0.5, 0.6) is 0 Å². The molecule has 100 valence electrons. The summed E-state index contributed by atoms with van der Waals surface area (Å²) >= 11 is 0. The first-order valence-corrected chi connectivity index (χ1v) is 5.80. The summed E-state index contributed by atoms with van der Waals surface area (Å²) in [6, 6.07) is 4.04. The smallest absolute Gasteiger partial charge is 0.338 e. The SMILES string of the molecule is CC(C)C(C(N)=O)n1nnc2c(C(=O)O)cccc21. The van der Waals surface area contributed by atoms with Gasteiger partial charge in [-0.25, -0.2) is 9.48 Å². The minimum absolute atomic E-state index is 0.0516. The fourth-order valence-electron chi connectivity index (χ4n) is 2.07. The number of hydrogen-bond donors (Lipinski definition) is 2. The lowest BCUT2D eigenvalue weighted by molar-refractivity contribution is -0.122. The van der Waals surface area contributed by atoms with E-state index in [-0.39, 0.29) is 17.0 Å². The van der Waals surface area contributed by atoms with Crippen molar-refractivity contribution in [1.82, 2.24) is 15.0 Å². The van der Waals surface area contributed by atoms with E-state index >= 15 is 0 Å². The Morgan fingerprint density at radius 1 is 1.37 bits per heavy atom. The van der Waals surface area contributed by atoms with Crippen molar-refractivity contribution in [3.63, 3.8) is 0 Å². The van der Waals surface area contributed by atoms with Crippen LogP contribution in [0.2, 0.25) is 0 Å². The van der Waals surface area contributed by atoms with E-state index in [0.717, 1.165) is 0 Å². The number of carboxylic acid groups (broad SMARTS) is 1. The first-order chi connectivity index (χ1) is 8.93. The average molecular weight is 262 g/mol. The number of primary amides is 1. The molecule has 0 aliphatic rings. The third-order valence-corrected chi connectivity index (χ3v) is 2.92. The van der Waals surface area contributed by atoms with Gasteiger partial charge in [-0.3, -0.25) is 4.79 Å². The monoisotopic (exact) mass is 262 g/mol. The van der Waals surface area contributed by atoms with Gasteiger partial charge < -0.3 is 10.8 Å². The molecule has 0 saturated carbocycles. The zero-order valence-electron chi connectivity index (χ0n) is 10.6. The molecule has 2 rings (SSSR count). The van der Waals surface area contributed by atoms with Crippen LogP contribution in [0.4, 0.5) is 0 Å². The highest BCUT2D eigenvalue weighted by atomic mass is 16.4. The van der Waals surface area contributed by atoms with E-state index in [4.69, 9.17) is 10.8 Å². The summed E-state index contributed by atoms with van der Waals surface area (Å²) in [6.07, 6.45) is 0. The number of fused-ring (bicyclic) bond motifs is 1. The number of carboxylic acids is 1. The predicted octanol–water partition coefficient (Wildman–Crippen LogP) is 0.812. The summed E-state index contributed by atoms with van der Waals surface area (Å²) in [6.45, 7) is 3.67. The highest BCUT2D eigenvalue weighted by Gasteiger charge is 2.25. The van der Waals surface area contributed by atoms with E-state index in [9.17, 15) is 9.59 Å². The lowest BCUT2D eigenvalue weighted by Gasteiger charge is -2.17. The Hall–Kier alpha value is -2.44. The highest BCUT2D eigenvalue weighted by molar-refractivity contribution is 6.00. The zero-order chi connectivity index (χ0) is 14.2. The lowest BCUT2D eigenvalue weighted by atomic mass is 10.0. The maximum absolute atomic E-state index is 11.5. The maximum Gasteiger partial charge on any atom is 0.338 e. The van der Waals surface area contributed by atoms with Crippen LogP contribution in [-0.2, 0) is 4.79 Å². The number of benzene rings is 1. The normalized spacial score (nSPS) is 12.8. The average Bonchev–Trinajstić information content (AvgIpc) is 2.72. The number of carbonyl (C=O) groups is 2. The number of carbonyl (C=O) groups excluding carboxylic acids is 1. The Labute approximate surface area is 109 Å². The van der Waals surface area contributed by atoms with Crippen LogP contribution in [0.3, 0.4) is 0 Å². The lowest BCUT2D eigenvalue weighted by Crippen LogP contribution is -2.31. The predicted molar refractivity (Wildman–Crippen MR) is 67.6 cm³/mol. The second-order valence-electron chi connectivity index (χ2n) is 4.60. The minimum Gasteiger partial charge on any atom is -0.478 e. The molecular formula is C12H14N4O3. The van der Waals surface area contributed by atoms with Crippen LogP contribution in [0, 0.1) is 5.92 Å². The number of nitrogens with two attached hydrogens (primary N) is 1. The summed E-state index contributed by atoms with van der Waals surface area (Å²) in [4.78, 5) is 22.6. The van der Waals surface area contributed by atoms with E-state index in [1.807, 2.05) is 13.8 Å². The molecule has 0 bridgehead atoms. The quantitative estimate of drug-likeness (QED) is 0.847. The Bertz CT molecular complexity index is 647. The van der Waals surface area contributed by atoms with Crippen LogP contribution in [-0.4, -0.2) is 32.0 Å². The van der Waals surface area contributed by atoms with Crippen LogP contribution in [0.15, 0.2) is 18.2 Å². The largest absolute Gasteiger partial charge is 0.478 e. The Balaban J connectivity index is 2.66. The fourth-order valence-corrected chi connectivity index (χ4v) is 2.07. The molecule has 0 fully saturated rings. The topological polar surface area (TPSA) is 111 Å². The molecule has 1 heterocycles. The van der Waals surface area contributed by atoms with Crippen molar-refractivity contribution in [2.45, 2.75) is 19.9 Å². The molecule has 1 aromatic carbocycles. The highest BCUT2D eigenvalue weighted by Crippen LogP contribution is 2.23. The third kappa shape index (κ3) is 2.14. The summed E-state index contributed by atoms with van der Waals surface area (Å²) in [5.41, 5.74) is 6.16. The van der Waals surface area contributed by atoms with Crippen molar-refractivity contribution in [1.29, 1.82) is 0 Å². The molecule has 1 aromatic heterocycles. The van der Waals surface area contributed by atoms with E-state index in [1.54, 1.807) is 12.1 Å². The second-order valence-corrected chi connectivity index (χ2v) is 4.60. The molecule has 3 N–H and O–H groups in total. The number of aromatic carboxylic acids is 1. The zero-order valence-corrected chi connectivity index (χ0v) is 10.6. The van der Waals surface area contributed by atoms with Crippen LogP contribution in [0.1, 0.15) is 30.2 Å². The molecule has 19 heavy (non-hydrogen) atoms. The van der Waals surface area contributed by atoms with E-state index in [1.165, 1.54) is 10.7 Å². The Kier molecular flexibility index (Phi) is 3.20. The molecule has 2 aromatic rings. The summed E-state index contributed by atoms with van der Waals surface area (Å²) in [5.74, 6) is -1.68. The van der Waals surface area contributed by atoms with Crippen LogP contribution in [0.25, 0.3) is 11.0 Å². The first-order valence-electron chi connectivity index (χ1n) is 5.80. The molecule has 0 spiro atoms. The van der Waals surface area contributed by atoms with Crippen molar-refractivity contribution < 1.29 is 14.7 Å². The van der Waals surface area contributed by atoms with E-state index in [0.29, 0.717) is 5.52 Å². The van der Waals surface area contributed by atoms with Gasteiger partial charge in [0.05, 0.1) is 11.1 Å². The van der Waals surface area contributed by atoms with Gasteiger partial charge in [0.1, 0.15) is 11.6 Å². The number of nitrogens with zero attached hydrogens (tertiary/aromatic N) is 3. The molecule has 0 saturated heterocycles. The van der Waals surface area contributed by atoms with Gasteiger partial charge >= 0.3 is 5.97 Å². The molecular weight excluding hydrogens is 248 g/mol. The minimum atomic E-state index is -1.09. The standard InChI is InChI=1S/C12H14N4O3/c1-6(2)10(11(13)17)16-8-5-3-4-7(12(18)19)9(8)14-15-16/h3-6,10H,1-2H3,(H2,13,17)(H,18,19). The molecule has 7 heteroatoms. The summed E-state index contributed by atoms with van der Waals surface area (Å²) in [7, 11) is 0. The Morgan fingerprint density at radius 3 is 2.58 bits per heavy atom. The van der Waals surface area contributed by atoms with Gasteiger partial charge in [-0.05, 0) is 18.1 Å². The van der Waals surface area contributed by atoms with Gasteiger partial charge in [-0.2, -0.15) is 0 Å². The van der Waals surface area contributed by atoms with Gasteiger partial charge in [-0.15, -0.1) is 5.10 Å². The van der Waals surface area contributed by atoms with Gasteiger partial charge in [0.15, 0.2) is 0 Å². The molecule has 1 amide bonds. The Morgan fingerprint density at radius 2 is 2.05 bits per heavy atom. The van der Waals surface area contributed by atoms with Gasteiger partial charge in [-0.1, -0.05) is 25.1 Å². The van der Waals surface area contributed by atoms with Gasteiger partial charge in [0.25, 0.3) is 0 Å². The summed E-state index contributed by atoms with van der Waals surface area (Å²) < 4.78 is 1.38. The number of hydrogen-bond acceptors (Lipinski definition) is 4. The van der Waals surface area contributed by atoms with E-state index < -0.39 is 17.9 Å². The van der Waals surface area contributed by atoms with Crippen molar-refractivity contribution in [3.8, 4) is 0 Å². The number of rotatable bonds is 4. The fraction of sp³-hybridized carbons (Fsp3) is 0.333. The van der Waals surface area contributed by atoms with E-state index in [2.05, 4.69) is 10.3 Å². The molecule has 0 aliphatic carbocycles. The molecule has 0 aliphatic heterocycles. The van der Waals surface area contributed by atoms with Crippen molar-refractivity contribution in [2.75, 3.05) is 0 Å².